The topological polar surface area (TPSA) is 114 Å². The fourth-order valence-corrected chi connectivity index (χ4v) is 5.29. The zero-order chi connectivity index (χ0) is 36.4. The van der Waals surface area contributed by atoms with Crippen molar-refractivity contribution in [2.75, 3.05) is 26.4 Å². The first-order valence-corrected chi connectivity index (χ1v) is 18.4. The Kier molecular flexibility index (Phi) is 14.9. The SMILES string of the molecule is CCCCOc1ccc(C(=O)Oc2ccc(N=Nc3ccc(OC(=O)c4ccc(OCCCC)cc4)c4c3OCCCCCCCCO4)cc2)cc1. The van der Waals surface area contributed by atoms with E-state index in [1.54, 1.807) is 84.9 Å². The Morgan fingerprint density at radius 3 is 1.62 bits per heavy atom. The molecule has 0 N–H and O–H groups in total. The average Bonchev–Trinajstić information content (AvgIpc) is 3.16. The molecule has 4 aromatic carbocycles. The van der Waals surface area contributed by atoms with Gasteiger partial charge in [0, 0.05) is 0 Å². The van der Waals surface area contributed by atoms with Crippen molar-refractivity contribution < 1.29 is 38.0 Å². The molecule has 274 valence electrons. The predicted molar refractivity (Wildman–Crippen MR) is 199 cm³/mol. The molecule has 0 saturated carbocycles. The van der Waals surface area contributed by atoms with E-state index in [9.17, 15) is 9.59 Å². The summed E-state index contributed by atoms with van der Waals surface area (Å²) in [6.07, 6.45) is 10.1. The molecule has 52 heavy (non-hydrogen) atoms. The van der Waals surface area contributed by atoms with Crippen LogP contribution in [-0.4, -0.2) is 38.4 Å². The van der Waals surface area contributed by atoms with Gasteiger partial charge in [0.15, 0.2) is 11.5 Å². The van der Waals surface area contributed by atoms with Gasteiger partial charge in [0.1, 0.15) is 22.9 Å². The van der Waals surface area contributed by atoms with E-state index in [2.05, 4.69) is 24.1 Å². The highest BCUT2D eigenvalue weighted by Gasteiger charge is 2.22. The lowest BCUT2D eigenvalue weighted by Gasteiger charge is -2.18. The van der Waals surface area contributed by atoms with Crippen LogP contribution in [0, 0.1) is 0 Å². The van der Waals surface area contributed by atoms with Gasteiger partial charge in [0.25, 0.3) is 0 Å². The quantitative estimate of drug-likeness (QED) is 0.0550. The largest absolute Gasteiger partial charge is 0.494 e. The van der Waals surface area contributed by atoms with E-state index in [-0.39, 0.29) is 5.75 Å². The fourth-order valence-electron chi connectivity index (χ4n) is 5.29. The summed E-state index contributed by atoms with van der Waals surface area (Å²) in [7, 11) is 0. The summed E-state index contributed by atoms with van der Waals surface area (Å²) in [6, 6.07) is 23.9. The Bertz CT molecular complexity index is 1740. The van der Waals surface area contributed by atoms with Crippen molar-refractivity contribution in [2.45, 2.75) is 78.1 Å². The number of unbranched alkanes of at least 4 members (excludes halogenated alkanes) is 2. The Balaban J connectivity index is 1.29. The number of azo groups is 1. The van der Waals surface area contributed by atoms with Crippen molar-refractivity contribution in [1.29, 1.82) is 0 Å². The fraction of sp³-hybridized carbons (Fsp3) is 0.381. The van der Waals surface area contributed by atoms with Gasteiger partial charge < -0.3 is 28.4 Å². The number of carbonyl (C=O) groups excluding carboxylic acids is 2. The molecule has 5 rings (SSSR count). The maximum absolute atomic E-state index is 13.2. The minimum absolute atomic E-state index is 0.240. The first kappa shape index (κ1) is 37.9. The summed E-state index contributed by atoms with van der Waals surface area (Å²) in [5.74, 6) is 1.70. The minimum Gasteiger partial charge on any atom is -0.494 e. The summed E-state index contributed by atoms with van der Waals surface area (Å²) >= 11 is 0. The molecular weight excluding hydrogens is 660 g/mol. The van der Waals surface area contributed by atoms with Gasteiger partial charge >= 0.3 is 11.9 Å². The van der Waals surface area contributed by atoms with Gasteiger partial charge in [-0.15, -0.1) is 5.11 Å². The van der Waals surface area contributed by atoms with Crippen molar-refractivity contribution in [1.82, 2.24) is 0 Å². The standard InChI is InChI=1S/C42H48N2O8/c1-3-5-27-47-34-19-13-31(14-20-34)41(45)51-36-23-17-33(18-24-36)43-44-37-25-26-38(40-39(37)49-29-11-9-7-8-10-12-30-50-40)52-42(46)32-15-21-35(22-16-32)48-28-6-4-2/h13-26H,3-12,27-30H2,1-2H3. The molecule has 0 atom stereocenters. The molecule has 0 spiro atoms. The predicted octanol–water partition coefficient (Wildman–Crippen LogP) is 11.0. The number of hydrogen-bond donors (Lipinski definition) is 0. The maximum Gasteiger partial charge on any atom is 0.343 e. The molecule has 0 aromatic heterocycles. The van der Waals surface area contributed by atoms with E-state index in [4.69, 9.17) is 28.4 Å². The number of rotatable bonds is 14. The Morgan fingerprint density at radius 2 is 1.06 bits per heavy atom. The van der Waals surface area contributed by atoms with Crippen LogP contribution in [0.1, 0.15) is 98.8 Å². The van der Waals surface area contributed by atoms with Crippen LogP contribution in [0.3, 0.4) is 0 Å². The highest BCUT2D eigenvalue weighted by atomic mass is 16.6. The molecule has 10 nitrogen and oxygen atoms in total. The molecule has 0 fully saturated rings. The van der Waals surface area contributed by atoms with Gasteiger partial charge in [0.2, 0.25) is 5.75 Å². The van der Waals surface area contributed by atoms with E-state index in [1.165, 1.54) is 0 Å². The van der Waals surface area contributed by atoms with Gasteiger partial charge in [-0.3, -0.25) is 0 Å². The van der Waals surface area contributed by atoms with Crippen LogP contribution in [0.4, 0.5) is 11.4 Å². The number of nitrogens with zero attached hydrogens (tertiary/aromatic N) is 2. The maximum atomic E-state index is 13.2. The number of ether oxygens (including phenoxy) is 6. The monoisotopic (exact) mass is 708 g/mol. The Morgan fingerprint density at radius 1 is 0.558 bits per heavy atom. The van der Waals surface area contributed by atoms with E-state index < -0.39 is 11.9 Å². The zero-order valence-electron chi connectivity index (χ0n) is 30.1. The summed E-state index contributed by atoms with van der Waals surface area (Å²) in [5.41, 5.74) is 1.77. The lowest BCUT2D eigenvalue weighted by molar-refractivity contribution is 0.0720. The average molecular weight is 709 g/mol. The number of hydrogen-bond acceptors (Lipinski definition) is 10. The van der Waals surface area contributed by atoms with Crippen LogP contribution in [-0.2, 0) is 0 Å². The van der Waals surface area contributed by atoms with Crippen LogP contribution in [0.15, 0.2) is 95.2 Å². The van der Waals surface area contributed by atoms with Gasteiger partial charge in [-0.2, -0.15) is 5.11 Å². The van der Waals surface area contributed by atoms with Crippen LogP contribution in [0.25, 0.3) is 0 Å². The molecule has 10 heteroatoms. The highest BCUT2D eigenvalue weighted by Crippen LogP contribution is 2.46. The number of esters is 2. The second-order valence-electron chi connectivity index (χ2n) is 12.5. The third-order valence-corrected chi connectivity index (χ3v) is 8.32. The van der Waals surface area contributed by atoms with E-state index in [1.807, 2.05) is 0 Å². The van der Waals surface area contributed by atoms with Crippen molar-refractivity contribution >= 4 is 23.3 Å². The van der Waals surface area contributed by atoms with Crippen molar-refractivity contribution in [3.05, 3.63) is 96.1 Å². The first-order chi connectivity index (χ1) is 25.5. The molecule has 4 aromatic rings. The Hall–Kier alpha value is -5.38. The molecule has 0 radical (unpaired) electrons. The van der Waals surface area contributed by atoms with Gasteiger partial charge in [-0.05, 0) is 111 Å². The smallest absolute Gasteiger partial charge is 0.343 e. The van der Waals surface area contributed by atoms with Crippen molar-refractivity contribution in [2.24, 2.45) is 10.2 Å². The zero-order valence-corrected chi connectivity index (χ0v) is 30.1. The molecular formula is C42H48N2O8. The third-order valence-electron chi connectivity index (χ3n) is 8.32. The van der Waals surface area contributed by atoms with Gasteiger partial charge in [-0.25, -0.2) is 9.59 Å². The second kappa shape index (κ2) is 20.5. The van der Waals surface area contributed by atoms with Crippen LogP contribution < -0.4 is 28.4 Å². The summed E-state index contributed by atoms with van der Waals surface area (Å²) in [6.45, 7) is 6.36. The van der Waals surface area contributed by atoms with Crippen LogP contribution in [0.5, 0.6) is 34.5 Å². The Labute approximate surface area is 306 Å². The molecule has 0 amide bonds. The highest BCUT2D eigenvalue weighted by molar-refractivity contribution is 5.92. The molecule has 0 unspecified atom stereocenters. The second-order valence-corrected chi connectivity index (χ2v) is 12.5. The summed E-state index contributed by atoms with van der Waals surface area (Å²) in [5, 5.41) is 8.92. The normalized spacial score (nSPS) is 13.4. The molecule has 1 heterocycles. The van der Waals surface area contributed by atoms with Crippen LogP contribution in [0.2, 0.25) is 0 Å². The van der Waals surface area contributed by atoms with E-state index >= 15 is 0 Å². The number of carbonyl (C=O) groups is 2. The minimum atomic E-state index is -0.527. The van der Waals surface area contributed by atoms with Crippen LogP contribution >= 0.6 is 0 Å². The first-order valence-electron chi connectivity index (χ1n) is 18.4. The summed E-state index contributed by atoms with van der Waals surface area (Å²) < 4.78 is 35.3. The van der Waals surface area contributed by atoms with Gasteiger partial charge in [-0.1, -0.05) is 52.4 Å². The van der Waals surface area contributed by atoms with Crippen molar-refractivity contribution in [3.63, 3.8) is 0 Å². The molecule has 0 bridgehead atoms. The number of fused-ring (bicyclic) bond motifs is 1. The molecule has 0 aliphatic carbocycles. The summed E-state index contributed by atoms with van der Waals surface area (Å²) in [4.78, 5) is 26.0. The van der Waals surface area contributed by atoms with E-state index in [0.717, 1.165) is 64.2 Å². The third kappa shape index (κ3) is 11.6. The van der Waals surface area contributed by atoms with Crippen molar-refractivity contribution in [3.8, 4) is 34.5 Å². The lowest BCUT2D eigenvalue weighted by atomic mass is 10.1. The van der Waals surface area contributed by atoms with E-state index in [0.29, 0.717) is 77.7 Å². The lowest BCUT2D eigenvalue weighted by Crippen LogP contribution is -2.11. The molecule has 1 aliphatic heterocycles. The molecule has 0 saturated heterocycles. The van der Waals surface area contributed by atoms with Gasteiger partial charge in [0.05, 0.1) is 43.2 Å². The number of benzene rings is 4. The molecule has 1 aliphatic rings.